The molecule has 2 aromatic rings. The molecule has 0 aromatic heterocycles. The van der Waals surface area contributed by atoms with Crippen molar-refractivity contribution >= 4 is 5.78 Å². The second kappa shape index (κ2) is 7.94. The summed E-state index contributed by atoms with van der Waals surface area (Å²) in [6.45, 7) is 1.64. The molecule has 0 bridgehead atoms. The first-order chi connectivity index (χ1) is 12.1. The topological polar surface area (TPSA) is 40.5 Å². The van der Waals surface area contributed by atoms with Crippen molar-refractivity contribution in [1.29, 1.82) is 0 Å². The summed E-state index contributed by atoms with van der Waals surface area (Å²) in [5.41, 5.74) is 2.92. The molecule has 3 unspecified atom stereocenters. The first-order valence-electron chi connectivity index (χ1n) is 9.12. The largest absolute Gasteiger partial charge is 0.388 e. The number of piperidine rings is 1. The van der Waals surface area contributed by atoms with Gasteiger partial charge in [-0.3, -0.25) is 9.69 Å². The lowest BCUT2D eigenvalue weighted by Crippen LogP contribution is -2.40. The normalized spacial score (nSPS) is 22.5. The van der Waals surface area contributed by atoms with Crippen molar-refractivity contribution in [3.63, 3.8) is 0 Å². The van der Waals surface area contributed by atoms with Gasteiger partial charge in [-0.2, -0.15) is 0 Å². The first-order valence-corrected chi connectivity index (χ1v) is 9.12. The molecule has 3 rings (SSSR count). The molecule has 0 spiro atoms. The molecule has 1 heterocycles. The monoisotopic (exact) mass is 337 g/mol. The average molecular weight is 337 g/mol. The van der Waals surface area contributed by atoms with Crippen LogP contribution in [0.5, 0.6) is 0 Å². The number of aliphatic hydroxyl groups is 1. The van der Waals surface area contributed by atoms with Gasteiger partial charge in [0.25, 0.3) is 0 Å². The third-order valence-corrected chi connectivity index (χ3v) is 5.46. The minimum Gasteiger partial charge on any atom is -0.388 e. The minimum atomic E-state index is -0.449. The zero-order valence-corrected chi connectivity index (χ0v) is 15.1. The summed E-state index contributed by atoms with van der Waals surface area (Å²) in [7, 11) is 2.13. The summed E-state index contributed by atoms with van der Waals surface area (Å²) >= 11 is 0. The van der Waals surface area contributed by atoms with Crippen LogP contribution < -0.4 is 0 Å². The molecule has 0 radical (unpaired) electrons. The fourth-order valence-corrected chi connectivity index (χ4v) is 4.04. The molecule has 3 atom stereocenters. The van der Waals surface area contributed by atoms with Gasteiger partial charge in [0.15, 0.2) is 5.78 Å². The van der Waals surface area contributed by atoms with E-state index in [9.17, 15) is 9.90 Å². The number of rotatable bonds is 5. The average Bonchev–Trinajstić information content (AvgIpc) is 2.64. The van der Waals surface area contributed by atoms with Crippen LogP contribution in [0, 0.1) is 0 Å². The number of hydrogen-bond donors (Lipinski definition) is 1. The van der Waals surface area contributed by atoms with Crippen LogP contribution in [0.4, 0.5) is 0 Å². The predicted octanol–water partition coefficient (Wildman–Crippen LogP) is 4.54. The predicted molar refractivity (Wildman–Crippen MR) is 101 cm³/mol. The van der Waals surface area contributed by atoms with E-state index in [1.54, 1.807) is 6.92 Å². The number of aliphatic hydroxyl groups excluding tert-OH is 1. The molecule has 132 valence electrons. The Morgan fingerprint density at radius 2 is 1.80 bits per heavy atom. The molecule has 1 aliphatic heterocycles. The summed E-state index contributed by atoms with van der Waals surface area (Å²) in [5, 5.41) is 10.6. The summed E-state index contributed by atoms with van der Waals surface area (Å²) in [4.78, 5) is 14.4. The standard InChI is InChI=1S/C22H27NO2/c1-16(24)19-12-6-7-13-20(19)21-14-8-11-18(23(21)2)15-22(25)17-9-4-3-5-10-17/h3-7,9-10,12-13,18,21-22,25H,8,11,14-15H2,1-2H3. The van der Waals surface area contributed by atoms with Gasteiger partial charge in [-0.25, -0.2) is 0 Å². The van der Waals surface area contributed by atoms with E-state index in [4.69, 9.17) is 0 Å². The lowest BCUT2D eigenvalue weighted by atomic mass is 9.86. The molecule has 0 saturated carbocycles. The van der Waals surface area contributed by atoms with Crippen molar-refractivity contribution in [3.8, 4) is 0 Å². The Balaban J connectivity index is 1.77. The van der Waals surface area contributed by atoms with E-state index in [1.807, 2.05) is 48.5 Å². The van der Waals surface area contributed by atoms with Crippen LogP contribution in [0.15, 0.2) is 54.6 Å². The Morgan fingerprint density at radius 3 is 2.52 bits per heavy atom. The molecule has 3 nitrogen and oxygen atoms in total. The van der Waals surface area contributed by atoms with Crippen molar-refractivity contribution in [3.05, 3.63) is 71.3 Å². The fourth-order valence-electron chi connectivity index (χ4n) is 4.04. The van der Waals surface area contributed by atoms with Crippen molar-refractivity contribution in [1.82, 2.24) is 4.90 Å². The number of benzene rings is 2. The number of hydrogen-bond acceptors (Lipinski definition) is 3. The zero-order valence-electron chi connectivity index (χ0n) is 15.1. The molecule has 1 aliphatic rings. The van der Waals surface area contributed by atoms with Crippen LogP contribution >= 0.6 is 0 Å². The highest BCUT2D eigenvalue weighted by molar-refractivity contribution is 5.95. The van der Waals surface area contributed by atoms with Crippen LogP contribution in [-0.2, 0) is 0 Å². The number of likely N-dealkylation sites (tertiary alicyclic amines) is 1. The highest BCUT2D eigenvalue weighted by atomic mass is 16.3. The van der Waals surface area contributed by atoms with Crippen LogP contribution in [0.25, 0.3) is 0 Å². The van der Waals surface area contributed by atoms with Crippen molar-refractivity contribution in [2.24, 2.45) is 0 Å². The minimum absolute atomic E-state index is 0.121. The van der Waals surface area contributed by atoms with E-state index >= 15 is 0 Å². The van der Waals surface area contributed by atoms with Gasteiger partial charge in [-0.15, -0.1) is 0 Å². The van der Waals surface area contributed by atoms with Crippen LogP contribution in [-0.4, -0.2) is 28.9 Å². The van der Waals surface area contributed by atoms with Crippen LogP contribution in [0.3, 0.4) is 0 Å². The molecule has 1 N–H and O–H groups in total. The molecule has 2 aromatic carbocycles. The number of nitrogens with zero attached hydrogens (tertiary/aromatic N) is 1. The molecular formula is C22H27NO2. The van der Waals surface area contributed by atoms with Gasteiger partial charge in [0.05, 0.1) is 6.10 Å². The number of carbonyl (C=O) groups is 1. The van der Waals surface area contributed by atoms with Gasteiger partial charge in [0.2, 0.25) is 0 Å². The maximum absolute atomic E-state index is 12.0. The maximum atomic E-state index is 12.0. The van der Waals surface area contributed by atoms with Gasteiger partial charge in [0.1, 0.15) is 0 Å². The maximum Gasteiger partial charge on any atom is 0.160 e. The smallest absolute Gasteiger partial charge is 0.160 e. The Morgan fingerprint density at radius 1 is 1.12 bits per heavy atom. The fraction of sp³-hybridized carbons (Fsp3) is 0.409. The van der Waals surface area contributed by atoms with Gasteiger partial charge in [0, 0.05) is 17.6 Å². The van der Waals surface area contributed by atoms with E-state index in [0.717, 1.165) is 42.4 Å². The number of Topliss-reactive ketones (excluding diaryl/α,β-unsaturated/α-hetero) is 1. The Kier molecular flexibility index (Phi) is 5.67. The van der Waals surface area contributed by atoms with Gasteiger partial charge in [-0.1, -0.05) is 54.6 Å². The Bertz CT molecular complexity index is 713. The van der Waals surface area contributed by atoms with Crippen LogP contribution in [0.2, 0.25) is 0 Å². The summed E-state index contributed by atoms with van der Waals surface area (Å²) in [6, 6.07) is 18.4. The molecule has 1 saturated heterocycles. The molecule has 1 fully saturated rings. The third kappa shape index (κ3) is 4.00. The first kappa shape index (κ1) is 17.8. The van der Waals surface area contributed by atoms with Gasteiger partial charge >= 0.3 is 0 Å². The summed E-state index contributed by atoms with van der Waals surface area (Å²) < 4.78 is 0. The molecule has 0 aliphatic carbocycles. The Hall–Kier alpha value is -1.97. The summed E-state index contributed by atoms with van der Waals surface area (Å²) in [5.74, 6) is 0.121. The third-order valence-electron chi connectivity index (χ3n) is 5.46. The van der Waals surface area contributed by atoms with E-state index in [0.29, 0.717) is 6.04 Å². The molecule has 0 amide bonds. The van der Waals surface area contributed by atoms with Gasteiger partial charge < -0.3 is 5.11 Å². The van der Waals surface area contributed by atoms with Gasteiger partial charge in [-0.05, 0) is 50.8 Å². The van der Waals surface area contributed by atoms with Crippen molar-refractivity contribution in [2.45, 2.75) is 50.8 Å². The van der Waals surface area contributed by atoms with E-state index in [1.165, 1.54) is 0 Å². The van der Waals surface area contributed by atoms with Crippen LogP contribution in [0.1, 0.15) is 66.2 Å². The lowest BCUT2D eigenvalue weighted by Gasteiger charge is -2.41. The molecule has 3 heteroatoms. The quantitative estimate of drug-likeness (QED) is 0.815. The summed E-state index contributed by atoms with van der Waals surface area (Å²) in [6.07, 6.45) is 3.53. The highest BCUT2D eigenvalue weighted by Gasteiger charge is 2.31. The second-order valence-electron chi connectivity index (χ2n) is 7.07. The molecular weight excluding hydrogens is 310 g/mol. The Labute approximate surface area is 150 Å². The SMILES string of the molecule is CC(=O)c1ccccc1C1CCCC(CC(O)c2ccccc2)N1C. The lowest BCUT2D eigenvalue weighted by molar-refractivity contribution is 0.0605. The van der Waals surface area contributed by atoms with Crippen molar-refractivity contribution in [2.75, 3.05) is 7.05 Å². The number of carbonyl (C=O) groups excluding carboxylic acids is 1. The highest BCUT2D eigenvalue weighted by Crippen LogP contribution is 2.37. The van der Waals surface area contributed by atoms with E-state index < -0.39 is 6.10 Å². The zero-order chi connectivity index (χ0) is 17.8. The van der Waals surface area contributed by atoms with Crippen molar-refractivity contribution < 1.29 is 9.90 Å². The number of ketones is 1. The molecule has 25 heavy (non-hydrogen) atoms. The second-order valence-corrected chi connectivity index (χ2v) is 7.07. The van der Waals surface area contributed by atoms with E-state index in [2.05, 4.69) is 18.0 Å². The van der Waals surface area contributed by atoms with E-state index in [-0.39, 0.29) is 11.8 Å².